The van der Waals surface area contributed by atoms with Crippen molar-refractivity contribution in [3.8, 4) is 0 Å². The molecule has 3 aliphatic carbocycles. The van der Waals surface area contributed by atoms with Crippen molar-refractivity contribution in [1.82, 2.24) is 0 Å². The first-order chi connectivity index (χ1) is 14.5. The summed E-state index contributed by atoms with van der Waals surface area (Å²) in [4.78, 5) is 25.5. The van der Waals surface area contributed by atoms with Gasteiger partial charge in [0.2, 0.25) is 0 Å². The Morgan fingerprint density at radius 1 is 1.13 bits per heavy atom. The number of carbonyl (C=O) groups is 2. The molecule has 31 heavy (non-hydrogen) atoms. The van der Waals surface area contributed by atoms with Gasteiger partial charge in [0, 0.05) is 17.8 Å². The molecule has 8 unspecified atom stereocenters. The lowest BCUT2D eigenvalue weighted by molar-refractivity contribution is -0.138. The number of rotatable bonds is 8. The molecule has 0 aromatic carbocycles. The zero-order valence-corrected chi connectivity index (χ0v) is 20.3. The van der Waals surface area contributed by atoms with Gasteiger partial charge in [-0.1, -0.05) is 53.9 Å². The van der Waals surface area contributed by atoms with Gasteiger partial charge in [0.25, 0.3) is 0 Å². The third-order valence-electron chi connectivity index (χ3n) is 9.32. The van der Waals surface area contributed by atoms with Gasteiger partial charge in [-0.3, -0.25) is 4.79 Å². The highest BCUT2D eigenvalue weighted by Crippen LogP contribution is 2.59. The number of aldehydes is 1. The van der Waals surface area contributed by atoms with Crippen LogP contribution in [-0.4, -0.2) is 34.5 Å². The minimum Gasteiger partial charge on any atom is -0.393 e. The number of aliphatic hydroxyl groups excluding tert-OH is 2. The number of hydrogen-bond acceptors (Lipinski definition) is 4. The Morgan fingerprint density at radius 3 is 2.48 bits per heavy atom. The molecule has 0 saturated heterocycles. The van der Waals surface area contributed by atoms with E-state index in [9.17, 15) is 19.8 Å². The average molecular weight is 433 g/mol. The maximum Gasteiger partial charge on any atom is 0.165 e. The smallest absolute Gasteiger partial charge is 0.165 e. The first-order valence-corrected chi connectivity index (χ1v) is 12.6. The lowest BCUT2D eigenvalue weighted by Gasteiger charge is -2.49. The number of hydrogen-bond donors (Lipinski definition) is 2. The van der Waals surface area contributed by atoms with E-state index in [0.29, 0.717) is 43.4 Å². The van der Waals surface area contributed by atoms with Gasteiger partial charge in [0.15, 0.2) is 5.78 Å². The average Bonchev–Trinajstić information content (AvgIpc) is 3.03. The molecule has 176 valence electrons. The van der Waals surface area contributed by atoms with Gasteiger partial charge in [0.05, 0.1) is 12.2 Å². The van der Waals surface area contributed by atoms with Crippen molar-refractivity contribution in [2.24, 2.45) is 40.4 Å². The maximum absolute atomic E-state index is 13.8. The molecule has 0 aromatic rings. The van der Waals surface area contributed by atoms with Crippen molar-refractivity contribution < 1.29 is 19.8 Å². The number of allylic oxidation sites excluding steroid dienone is 1. The second-order valence-electron chi connectivity index (χ2n) is 11.8. The van der Waals surface area contributed by atoms with E-state index in [1.165, 1.54) is 12.8 Å². The summed E-state index contributed by atoms with van der Waals surface area (Å²) < 4.78 is 0. The van der Waals surface area contributed by atoms with E-state index >= 15 is 0 Å². The first kappa shape index (κ1) is 24.6. The predicted molar refractivity (Wildman–Crippen MR) is 123 cm³/mol. The van der Waals surface area contributed by atoms with E-state index in [1.807, 2.05) is 6.92 Å². The molecule has 2 fully saturated rings. The highest BCUT2D eigenvalue weighted by molar-refractivity contribution is 6.01. The van der Waals surface area contributed by atoms with Gasteiger partial charge in [-0.2, -0.15) is 0 Å². The molecule has 0 spiro atoms. The van der Waals surface area contributed by atoms with Crippen LogP contribution >= 0.6 is 0 Å². The summed E-state index contributed by atoms with van der Waals surface area (Å²) in [6.45, 7) is 11.0. The summed E-state index contributed by atoms with van der Waals surface area (Å²) in [7, 11) is 0. The highest BCUT2D eigenvalue weighted by atomic mass is 16.3. The SMILES string of the molecule is CC(C)CCCC(C)C1CCC(C2=CC(O)C3CC(O)CCC3(C)C2=O)C1(C)CC=O. The van der Waals surface area contributed by atoms with Crippen LogP contribution < -0.4 is 0 Å². The van der Waals surface area contributed by atoms with Crippen LogP contribution in [0, 0.1) is 40.4 Å². The molecule has 4 heteroatoms. The Kier molecular flexibility index (Phi) is 7.53. The van der Waals surface area contributed by atoms with Crippen LogP contribution in [0.5, 0.6) is 0 Å². The van der Waals surface area contributed by atoms with Crippen LogP contribution in [0.1, 0.15) is 92.4 Å². The summed E-state index contributed by atoms with van der Waals surface area (Å²) in [5, 5.41) is 21.1. The third kappa shape index (κ3) is 4.57. The molecule has 0 bridgehead atoms. The van der Waals surface area contributed by atoms with Gasteiger partial charge in [0.1, 0.15) is 6.29 Å². The molecule has 0 heterocycles. The molecule has 0 radical (unpaired) electrons. The Balaban J connectivity index is 1.86. The van der Waals surface area contributed by atoms with E-state index in [4.69, 9.17) is 0 Å². The molecule has 0 amide bonds. The Labute approximate surface area is 188 Å². The van der Waals surface area contributed by atoms with Crippen molar-refractivity contribution in [2.75, 3.05) is 0 Å². The quantitative estimate of drug-likeness (QED) is 0.523. The van der Waals surface area contributed by atoms with Gasteiger partial charge >= 0.3 is 0 Å². The van der Waals surface area contributed by atoms with Crippen LogP contribution in [-0.2, 0) is 9.59 Å². The fraction of sp³-hybridized carbons (Fsp3) is 0.852. The standard InChI is InChI=1S/C27H44O4/c1-17(2)7-6-8-18(3)21-9-10-22(26(21,4)13-14-28)20-16-24(30)23-15-19(29)11-12-27(23,5)25(20)31/h14,16-19,21-24,29-30H,6-13,15H2,1-5H3. The summed E-state index contributed by atoms with van der Waals surface area (Å²) in [6, 6.07) is 0. The van der Waals surface area contributed by atoms with E-state index in [-0.39, 0.29) is 23.0 Å². The summed E-state index contributed by atoms with van der Waals surface area (Å²) in [6.07, 6.45) is 9.45. The second kappa shape index (κ2) is 9.47. The van der Waals surface area contributed by atoms with Crippen LogP contribution in [0.2, 0.25) is 0 Å². The third-order valence-corrected chi connectivity index (χ3v) is 9.32. The highest BCUT2D eigenvalue weighted by Gasteiger charge is 2.56. The van der Waals surface area contributed by atoms with Crippen molar-refractivity contribution in [3.05, 3.63) is 11.6 Å². The fourth-order valence-electron chi connectivity index (χ4n) is 7.33. The Morgan fingerprint density at radius 2 is 1.84 bits per heavy atom. The topological polar surface area (TPSA) is 74.6 Å². The van der Waals surface area contributed by atoms with Gasteiger partial charge in [-0.25, -0.2) is 0 Å². The number of fused-ring (bicyclic) bond motifs is 1. The van der Waals surface area contributed by atoms with Gasteiger partial charge in [-0.15, -0.1) is 0 Å². The van der Waals surface area contributed by atoms with Crippen molar-refractivity contribution in [1.29, 1.82) is 0 Å². The monoisotopic (exact) mass is 432 g/mol. The van der Waals surface area contributed by atoms with Crippen molar-refractivity contribution >= 4 is 12.1 Å². The number of ketones is 1. The minimum absolute atomic E-state index is 0.0297. The van der Waals surface area contributed by atoms with E-state index in [1.54, 1.807) is 6.08 Å². The molecular formula is C27H44O4. The molecule has 2 N–H and O–H groups in total. The zero-order chi connectivity index (χ0) is 23.0. The van der Waals surface area contributed by atoms with Crippen LogP contribution in [0.15, 0.2) is 11.6 Å². The molecular weight excluding hydrogens is 388 g/mol. The lowest BCUT2D eigenvalue weighted by Crippen LogP contribution is -2.52. The molecule has 2 saturated carbocycles. The number of aliphatic hydroxyl groups is 2. The second-order valence-corrected chi connectivity index (χ2v) is 11.8. The van der Waals surface area contributed by atoms with Crippen molar-refractivity contribution in [2.45, 2.75) is 105 Å². The fourth-order valence-corrected chi connectivity index (χ4v) is 7.33. The minimum atomic E-state index is -0.698. The molecule has 0 aromatic heterocycles. The molecule has 3 aliphatic rings. The summed E-state index contributed by atoms with van der Waals surface area (Å²) >= 11 is 0. The summed E-state index contributed by atoms with van der Waals surface area (Å²) in [5.41, 5.74) is -0.0764. The Bertz CT molecular complexity index is 697. The zero-order valence-electron chi connectivity index (χ0n) is 20.3. The molecule has 3 rings (SSSR count). The van der Waals surface area contributed by atoms with Crippen LogP contribution in [0.4, 0.5) is 0 Å². The van der Waals surface area contributed by atoms with E-state index in [2.05, 4.69) is 27.7 Å². The van der Waals surface area contributed by atoms with E-state index < -0.39 is 17.6 Å². The van der Waals surface area contributed by atoms with Crippen LogP contribution in [0.3, 0.4) is 0 Å². The largest absolute Gasteiger partial charge is 0.393 e. The van der Waals surface area contributed by atoms with E-state index in [0.717, 1.165) is 31.1 Å². The maximum atomic E-state index is 13.8. The molecule has 8 atom stereocenters. The van der Waals surface area contributed by atoms with Crippen LogP contribution in [0.25, 0.3) is 0 Å². The predicted octanol–water partition coefficient (Wildman–Crippen LogP) is 5.11. The van der Waals surface area contributed by atoms with Gasteiger partial charge in [-0.05, 0) is 72.8 Å². The molecule has 4 nitrogen and oxygen atoms in total. The normalized spacial score (nSPS) is 41.7. The molecule has 0 aliphatic heterocycles. The Hall–Kier alpha value is -1.00. The number of Topliss-reactive ketones (excluding diaryl/α,β-unsaturated/α-hetero) is 1. The first-order valence-electron chi connectivity index (χ1n) is 12.6. The summed E-state index contributed by atoms with van der Waals surface area (Å²) in [5.74, 6) is 1.62. The lowest BCUT2D eigenvalue weighted by atomic mass is 9.55. The van der Waals surface area contributed by atoms with Crippen molar-refractivity contribution in [3.63, 3.8) is 0 Å². The van der Waals surface area contributed by atoms with Gasteiger partial charge < -0.3 is 15.0 Å². The number of carbonyl (C=O) groups excluding carboxylic acids is 2.